The molecule has 2 aromatic carbocycles. The lowest BCUT2D eigenvalue weighted by Crippen LogP contribution is -2.07. The molecule has 0 spiro atoms. The van der Waals surface area contributed by atoms with E-state index in [-0.39, 0.29) is 6.61 Å². The van der Waals surface area contributed by atoms with Crippen LogP contribution in [0.3, 0.4) is 0 Å². The summed E-state index contributed by atoms with van der Waals surface area (Å²) in [7, 11) is 0. The van der Waals surface area contributed by atoms with Crippen LogP contribution >= 0.6 is 15.9 Å². The highest BCUT2D eigenvalue weighted by Crippen LogP contribution is 2.35. The van der Waals surface area contributed by atoms with Crippen molar-refractivity contribution in [2.75, 3.05) is 11.9 Å². The molecule has 1 aliphatic carbocycles. The fourth-order valence-electron chi connectivity index (χ4n) is 2.73. The number of aryl methyl sites for hydroxylation is 1. The first-order valence-corrected chi connectivity index (χ1v) is 7.70. The normalized spacial score (nSPS) is 16.1. The van der Waals surface area contributed by atoms with E-state index in [0.29, 0.717) is 6.04 Å². The molecule has 1 N–H and O–H groups in total. The largest absolute Gasteiger partial charge is 0.479 e. The first-order chi connectivity index (χ1) is 10.3. The second-order valence-corrected chi connectivity index (χ2v) is 5.97. The summed E-state index contributed by atoms with van der Waals surface area (Å²) in [6.45, 7) is 0.0732. The second-order valence-electron chi connectivity index (χ2n) is 5.05. The highest BCUT2D eigenvalue weighted by molar-refractivity contribution is 9.10. The average Bonchev–Trinajstić information content (AvgIpc) is 2.87. The van der Waals surface area contributed by atoms with Gasteiger partial charge in [0, 0.05) is 16.2 Å². The van der Waals surface area contributed by atoms with E-state index in [0.717, 1.165) is 28.8 Å². The zero-order valence-corrected chi connectivity index (χ0v) is 13.1. The van der Waals surface area contributed by atoms with Crippen LogP contribution in [-0.4, -0.2) is 6.61 Å². The van der Waals surface area contributed by atoms with E-state index in [1.165, 1.54) is 11.1 Å². The Morgan fingerprint density at radius 2 is 2.19 bits per heavy atom. The van der Waals surface area contributed by atoms with Crippen molar-refractivity contribution in [2.24, 2.45) is 0 Å². The van der Waals surface area contributed by atoms with Gasteiger partial charge in [-0.1, -0.05) is 28.1 Å². The molecule has 0 aliphatic heterocycles. The average molecular weight is 343 g/mol. The van der Waals surface area contributed by atoms with Gasteiger partial charge in [-0.3, -0.25) is 0 Å². The van der Waals surface area contributed by atoms with E-state index in [2.05, 4.69) is 39.4 Å². The summed E-state index contributed by atoms with van der Waals surface area (Å²) < 4.78 is 6.47. The van der Waals surface area contributed by atoms with Crippen molar-refractivity contribution in [1.29, 1.82) is 5.26 Å². The highest BCUT2D eigenvalue weighted by Gasteiger charge is 2.22. The van der Waals surface area contributed by atoms with Gasteiger partial charge in [0.2, 0.25) is 0 Å². The van der Waals surface area contributed by atoms with E-state index in [9.17, 15) is 0 Å². The molecule has 106 valence electrons. The molecule has 1 aliphatic rings. The summed E-state index contributed by atoms with van der Waals surface area (Å²) in [5.41, 5.74) is 3.78. The molecule has 2 aromatic rings. The number of fused-ring (bicyclic) bond motifs is 1. The van der Waals surface area contributed by atoms with Gasteiger partial charge >= 0.3 is 0 Å². The van der Waals surface area contributed by atoms with Crippen LogP contribution < -0.4 is 10.1 Å². The second kappa shape index (κ2) is 6.19. The molecule has 21 heavy (non-hydrogen) atoms. The molecule has 0 heterocycles. The summed E-state index contributed by atoms with van der Waals surface area (Å²) in [6.07, 6.45) is 2.19. The Hall–Kier alpha value is -1.99. The lowest BCUT2D eigenvalue weighted by molar-refractivity contribution is 0.368. The molecule has 3 nitrogen and oxygen atoms in total. The summed E-state index contributed by atoms with van der Waals surface area (Å²) in [5, 5.41) is 12.1. The number of rotatable bonds is 4. The van der Waals surface area contributed by atoms with Gasteiger partial charge in [0.25, 0.3) is 0 Å². The summed E-state index contributed by atoms with van der Waals surface area (Å²) in [4.78, 5) is 0. The van der Waals surface area contributed by atoms with Crippen molar-refractivity contribution in [2.45, 2.75) is 18.9 Å². The topological polar surface area (TPSA) is 45.0 Å². The number of anilines is 1. The number of nitriles is 1. The molecule has 0 fully saturated rings. The minimum Gasteiger partial charge on any atom is -0.479 e. The van der Waals surface area contributed by atoms with Crippen LogP contribution in [0.25, 0.3) is 0 Å². The third-order valence-corrected chi connectivity index (χ3v) is 4.15. The Morgan fingerprint density at radius 1 is 1.29 bits per heavy atom. The molecule has 4 heteroatoms. The molecular weight excluding hydrogens is 328 g/mol. The van der Waals surface area contributed by atoms with E-state index in [1.54, 1.807) is 0 Å². The van der Waals surface area contributed by atoms with Gasteiger partial charge in [-0.05, 0) is 48.2 Å². The number of ether oxygens (including phenoxy) is 1. The Kier molecular flexibility index (Phi) is 4.12. The van der Waals surface area contributed by atoms with Crippen LogP contribution in [0.4, 0.5) is 5.69 Å². The summed E-state index contributed by atoms with van der Waals surface area (Å²) in [6, 6.07) is 16.5. The van der Waals surface area contributed by atoms with Crippen molar-refractivity contribution in [3.05, 3.63) is 58.1 Å². The molecule has 1 atom stereocenters. The van der Waals surface area contributed by atoms with Gasteiger partial charge in [-0.2, -0.15) is 5.26 Å². The van der Waals surface area contributed by atoms with E-state index in [4.69, 9.17) is 10.00 Å². The molecular formula is C17H15BrN2O. The van der Waals surface area contributed by atoms with Gasteiger partial charge in [-0.25, -0.2) is 0 Å². The SMILES string of the molecule is N#CCOc1cccc(NC2CCc3cc(Br)ccc32)c1. The predicted molar refractivity (Wildman–Crippen MR) is 86.4 cm³/mol. The van der Waals surface area contributed by atoms with Crippen molar-refractivity contribution in [3.8, 4) is 11.8 Å². The minimum absolute atomic E-state index is 0.0732. The predicted octanol–water partition coefficient (Wildman–Crippen LogP) is 4.45. The fraction of sp³-hybridized carbons (Fsp3) is 0.235. The number of benzene rings is 2. The van der Waals surface area contributed by atoms with Gasteiger partial charge in [-0.15, -0.1) is 0 Å². The summed E-state index contributed by atoms with van der Waals surface area (Å²) in [5.74, 6) is 0.718. The maximum atomic E-state index is 8.56. The van der Waals surface area contributed by atoms with Crippen molar-refractivity contribution >= 4 is 21.6 Å². The summed E-state index contributed by atoms with van der Waals surface area (Å²) >= 11 is 3.52. The van der Waals surface area contributed by atoms with Crippen LogP contribution in [-0.2, 0) is 6.42 Å². The molecule has 0 saturated heterocycles. The van der Waals surface area contributed by atoms with E-state index < -0.39 is 0 Å². The maximum absolute atomic E-state index is 8.56. The highest BCUT2D eigenvalue weighted by atomic mass is 79.9. The molecule has 0 amide bonds. The van der Waals surface area contributed by atoms with Crippen LogP contribution in [0.5, 0.6) is 5.75 Å². The van der Waals surface area contributed by atoms with Crippen molar-refractivity contribution < 1.29 is 4.74 Å². The Bertz CT molecular complexity index is 693. The number of nitrogens with one attached hydrogen (secondary N) is 1. The quantitative estimate of drug-likeness (QED) is 0.892. The Balaban J connectivity index is 1.75. The number of hydrogen-bond acceptors (Lipinski definition) is 3. The van der Waals surface area contributed by atoms with Crippen molar-refractivity contribution in [3.63, 3.8) is 0 Å². The van der Waals surface area contributed by atoms with Gasteiger partial charge in [0.15, 0.2) is 6.61 Å². The van der Waals surface area contributed by atoms with Gasteiger partial charge < -0.3 is 10.1 Å². The smallest absolute Gasteiger partial charge is 0.174 e. The molecule has 0 aromatic heterocycles. The van der Waals surface area contributed by atoms with Gasteiger partial charge in [0.05, 0.1) is 6.04 Å². The first kappa shape index (κ1) is 14.0. The monoisotopic (exact) mass is 342 g/mol. The zero-order chi connectivity index (χ0) is 14.7. The van der Waals surface area contributed by atoms with Crippen LogP contribution in [0.1, 0.15) is 23.6 Å². The van der Waals surface area contributed by atoms with Crippen molar-refractivity contribution in [1.82, 2.24) is 0 Å². The van der Waals surface area contributed by atoms with Crippen LogP contribution in [0.2, 0.25) is 0 Å². The third-order valence-electron chi connectivity index (χ3n) is 3.66. The minimum atomic E-state index is 0.0732. The Labute approximate surface area is 132 Å². The Morgan fingerprint density at radius 3 is 3.05 bits per heavy atom. The van der Waals surface area contributed by atoms with E-state index in [1.807, 2.05) is 30.3 Å². The maximum Gasteiger partial charge on any atom is 0.174 e. The fourth-order valence-corrected chi connectivity index (χ4v) is 3.14. The number of halogens is 1. The lowest BCUT2D eigenvalue weighted by atomic mass is 10.1. The number of hydrogen-bond donors (Lipinski definition) is 1. The standard InChI is InChI=1S/C17H15BrN2O/c18-13-5-6-16-12(10-13)4-7-17(16)20-14-2-1-3-15(11-14)21-9-8-19/h1-3,5-6,10-11,17,20H,4,7,9H2. The molecule has 0 radical (unpaired) electrons. The zero-order valence-electron chi connectivity index (χ0n) is 11.5. The van der Waals surface area contributed by atoms with Gasteiger partial charge in [0.1, 0.15) is 11.8 Å². The lowest BCUT2D eigenvalue weighted by Gasteiger charge is -2.16. The van der Waals surface area contributed by atoms with E-state index >= 15 is 0 Å². The number of nitrogens with zero attached hydrogens (tertiary/aromatic N) is 1. The molecule has 0 bridgehead atoms. The molecule has 0 saturated carbocycles. The third kappa shape index (κ3) is 3.20. The molecule has 1 unspecified atom stereocenters. The van der Waals surface area contributed by atoms with Crippen LogP contribution in [0, 0.1) is 11.3 Å². The first-order valence-electron chi connectivity index (χ1n) is 6.91. The van der Waals surface area contributed by atoms with Crippen LogP contribution in [0.15, 0.2) is 46.9 Å². The molecule has 3 rings (SSSR count).